The van der Waals surface area contributed by atoms with Gasteiger partial charge in [0.2, 0.25) is 5.91 Å². The highest BCUT2D eigenvalue weighted by molar-refractivity contribution is 5.76. The fraction of sp³-hybridized carbons (Fsp3) is 0.750. The lowest BCUT2D eigenvalue weighted by Crippen LogP contribution is -2.66. The van der Waals surface area contributed by atoms with Crippen molar-refractivity contribution in [1.82, 2.24) is 5.32 Å². The molecule has 0 bridgehead atoms. The van der Waals surface area contributed by atoms with Gasteiger partial charge in [0.05, 0.1) is 38.6 Å². The molecule has 3 aliphatic heterocycles. The molecule has 3 heterocycles. The maximum Gasteiger partial charge on any atom is 0.220 e. The Morgan fingerprint density at radius 3 is 1.05 bits per heavy atom. The second kappa shape index (κ2) is 63.2. The largest absolute Gasteiger partial charge is 0.394 e. The minimum Gasteiger partial charge on any atom is -0.394 e. The predicted octanol–water partition coefficient (Wildman–Crippen LogP) is 13.5. The van der Waals surface area contributed by atoms with Crippen LogP contribution in [0, 0.1) is 0 Å². The number of unbranched alkanes of at least 4 members (excludes halogenated alkanes) is 28. The van der Waals surface area contributed by atoms with Crippen LogP contribution in [-0.4, -0.2) is 193 Å². The van der Waals surface area contributed by atoms with Crippen molar-refractivity contribution in [3.05, 3.63) is 122 Å². The van der Waals surface area contributed by atoms with Gasteiger partial charge in [0.25, 0.3) is 0 Å². The van der Waals surface area contributed by atoms with Crippen molar-refractivity contribution in [1.29, 1.82) is 0 Å². The topological polar surface area (TPSA) is 307 Å². The Hall–Kier alpha value is -3.81. The molecule has 0 radical (unpaired) electrons. The number of hydrogen-bond donors (Lipinski definition) is 12. The van der Waals surface area contributed by atoms with Gasteiger partial charge in [0.1, 0.15) is 73.2 Å². The smallest absolute Gasteiger partial charge is 0.220 e. The lowest BCUT2D eigenvalue weighted by molar-refractivity contribution is -0.379. The molecule has 103 heavy (non-hydrogen) atoms. The highest BCUT2D eigenvalue weighted by Crippen LogP contribution is 2.33. The quantitative estimate of drug-likeness (QED) is 0.0199. The third-order valence-electron chi connectivity index (χ3n) is 19.3. The van der Waals surface area contributed by atoms with Gasteiger partial charge in [-0.25, -0.2) is 0 Å². The van der Waals surface area contributed by atoms with Crippen LogP contribution in [0.15, 0.2) is 122 Å². The van der Waals surface area contributed by atoms with Crippen LogP contribution in [0.2, 0.25) is 0 Å². The molecule has 0 saturated carbocycles. The molecule has 12 N–H and O–H groups in total. The highest BCUT2D eigenvalue weighted by atomic mass is 16.8. The van der Waals surface area contributed by atoms with Gasteiger partial charge in [-0.15, -0.1) is 0 Å². The van der Waals surface area contributed by atoms with Crippen LogP contribution in [0.25, 0.3) is 0 Å². The first kappa shape index (κ1) is 93.4. The van der Waals surface area contributed by atoms with Crippen molar-refractivity contribution in [3.8, 4) is 0 Å². The number of ether oxygens (including phenoxy) is 6. The summed E-state index contributed by atoms with van der Waals surface area (Å²) in [7, 11) is 0. The summed E-state index contributed by atoms with van der Waals surface area (Å²) in [5, 5.41) is 121. The maximum absolute atomic E-state index is 13.5. The van der Waals surface area contributed by atoms with Crippen molar-refractivity contribution in [3.63, 3.8) is 0 Å². The number of rotatable bonds is 62. The third-order valence-corrected chi connectivity index (χ3v) is 19.3. The summed E-state index contributed by atoms with van der Waals surface area (Å²) in [5.41, 5.74) is 0. The molecule has 17 unspecified atom stereocenters. The number of allylic oxidation sites excluding steroid dienone is 19. The maximum atomic E-state index is 13.5. The Balaban J connectivity index is 1.32. The van der Waals surface area contributed by atoms with Gasteiger partial charge in [0.15, 0.2) is 18.9 Å². The van der Waals surface area contributed by atoms with E-state index in [9.17, 15) is 61.0 Å². The summed E-state index contributed by atoms with van der Waals surface area (Å²) in [6.45, 7) is 1.62. The van der Waals surface area contributed by atoms with Crippen molar-refractivity contribution >= 4 is 5.91 Å². The molecule has 0 aliphatic carbocycles. The van der Waals surface area contributed by atoms with Crippen molar-refractivity contribution < 1.29 is 89.4 Å². The van der Waals surface area contributed by atoms with E-state index in [4.69, 9.17) is 28.4 Å². The summed E-state index contributed by atoms with van der Waals surface area (Å²) in [5.74, 6) is -0.279. The second-order valence-electron chi connectivity index (χ2n) is 28.1. The summed E-state index contributed by atoms with van der Waals surface area (Å²) in [6.07, 6.45) is 61.8. The second-order valence-corrected chi connectivity index (χ2v) is 28.1. The van der Waals surface area contributed by atoms with Crippen LogP contribution >= 0.6 is 0 Å². The molecule has 19 heteroatoms. The molecule has 0 aromatic carbocycles. The van der Waals surface area contributed by atoms with Crippen LogP contribution in [0.4, 0.5) is 0 Å². The Bertz CT molecular complexity index is 2330. The first-order chi connectivity index (χ1) is 50.3. The van der Waals surface area contributed by atoms with E-state index in [0.717, 1.165) is 116 Å². The molecule has 0 spiro atoms. The molecule has 3 aliphatic rings. The van der Waals surface area contributed by atoms with Crippen LogP contribution in [0.1, 0.15) is 271 Å². The molecular formula is C84H143NO18. The number of aliphatic hydroxyl groups is 11. The number of carbonyl (C=O) groups is 1. The van der Waals surface area contributed by atoms with Crippen molar-refractivity contribution in [2.45, 2.75) is 375 Å². The number of aliphatic hydroxyl groups excluding tert-OH is 11. The van der Waals surface area contributed by atoms with Gasteiger partial charge in [-0.05, 0) is 89.9 Å². The molecule has 19 nitrogen and oxygen atoms in total. The molecular weight excluding hydrogens is 1310 g/mol. The normalized spacial score (nSPS) is 26.7. The van der Waals surface area contributed by atoms with E-state index >= 15 is 0 Å². The summed E-state index contributed by atoms with van der Waals surface area (Å²) in [6, 6.07) is -0.981. The Morgan fingerprint density at radius 2 is 0.670 bits per heavy atom. The van der Waals surface area contributed by atoms with Gasteiger partial charge in [-0.3, -0.25) is 4.79 Å². The Labute approximate surface area is 620 Å². The molecule has 1 amide bonds. The number of nitrogens with one attached hydrogen (secondary N) is 1. The minimum atomic E-state index is -1.98. The standard InChI is InChI=1S/C84H143NO18/c1-3-5-7-9-11-13-15-17-19-21-22-23-24-25-26-27-28-29-30-31-32-33-34-35-36-37-38-39-40-41-42-43-44-46-48-50-52-54-56-58-60-62-72(90)85-67(68(89)61-59-57-55-53-51-49-47-45-20-18-16-14-12-10-8-6-4-2)66-98-82-78(96)75(93)80(70(64-87)100-82)103-84-79(97)76(94)81(71(65-88)101-84)102-83-77(95)74(92)73(91)69(63-86)99-83/h5,7,11,13,17,19,22-23,25-26,28-29,31-32,34-35,37-38,59,61,67-71,73-84,86-89,91-97H,3-4,6,8-10,12,14-16,18,20-21,24,27,30,33,36,39-58,60,62-66H2,1-2H3,(H,85,90)/b7-5-,13-11-,19-17-,23-22-,26-25-,29-28-,32-31-,35-34-,38-37-,61-59+. The molecule has 3 saturated heterocycles. The number of amides is 1. The van der Waals surface area contributed by atoms with Gasteiger partial charge >= 0.3 is 0 Å². The van der Waals surface area contributed by atoms with Gasteiger partial charge in [0, 0.05) is 6.42 Å². The molecule has 0 aromatic rings. The first-order valence-electron chi connectivity index (χ1n) is 40.3. The van der Waals surface area contributed by atoms with Crippen LogP contribution in [-0.2, 0) is 33.2 Å². The molecule has 17 atom stereocenters. The van der Waals surface area contributed by atoms with Crippen LogP contribution in [0.3, 0.4) is 0 Å². The number of carbonyl (C=O) groups excluding carboxylic acids is 1. The van der Waals surface area contributed by atoms with Crippen molar-refractivity contribution in [2.24, 2.45) is 0 Å². The summed E-state index contributed by atoms with van der Waals surface area (Å²) < 4.78 is 34.4. The fourth-order valence-electron chi connectivity index (χ4n) is 12.8. The Kier molecular flexibility index (Phi) is 57.3. The highest BCUT2D eigenvalue weighted by Gasteiger charge is 2.54. The van der Waals surface area contributed by atoms with E-state index in [-0.39, 0.29) is 18.9 Å². The molecule has 3 fully saturated rings. The van der Waals surface area contributed by atoms with E-state index in [2.05, 4.69) is 129 Å². The Morgan fingerprint density at radius 1 is 0.359 bits per heavy atom. The van der Waals surface area contributed by atoms with Gasteiger partial charge in [-0.2, -0.15) is 0 Å². The average Bonchev–Trinajstić information content (AvgIpc) is 0.782. The SMILES string of the molecule is CC/C=C\C/C=C\C/C=C\C/C=C\C/C=C\C/C=C\C/C=C\C/C=C\C/C=C\CCCCCCCCCCCCCCCC(=O)NC(COC1OC(CO)C(OC2OC(CO)C(OC3OC(CO)C(O)C(O)C3O)C(O)C2O)C(O)C1O)C(O)/C=C/CCCCCCCCCCCCCCCCC. The van der Waals surface area contributed by atoms with E-state index in [1.807, 2.05) is 6.08 Å². The van der Waals surface area contributed by atoms with Crippen molar-refractivity contribution in [2.75, 3.05) is 26.4 Å². The molecule has 3 rings (SSSR count). The minimum absolute atomic E-state index is 0.236. The van der Waals surface area contributed by atoms with Gasteiger partial charge in [-0.1, -0.05) is 296 Å². The number of hydrogen-bond acceptors (Lipinski definition) is 18. The summed E-state index contributed by atoms with van der Waals surface area (Å²) in [4.78, 5) is 13.5. The first-order valence-corrected chi connectivity index (χ1v) is 40.3. The summed E-state index contributed by atoms with van der Waals surface area (Å²) >= 11 is 0. The zero-order chi connectivity index (χ0) is 74.6. The zero-order valence-corrected chi connectivity index (χ0v) is 63.3. The third kappa shape index (κ3) is 43.1. The fourth-order valence-corrected chi connectivity index (χ4v) is 12.8. The molecule has 0 aromatic heterocycles. The monoisotopic (exact) mass is 1450 g/mol. The van der Waals surface area contributed by atoms with E-state index in [0.29, 0.717) is 6.42 Å². The zero-order valence-electron chi connectivity index (χ0n) is 63.3. The average molecular weight is 1460 g/mol. The van der Waals surface area contributed by atoms with Crippen LogP contribution in [0.5, 0.6) is 0 Å². The van der Waals surface area contributed by atoms with E-state index < -0.39 is 124 Å². The van der Waals surface area contributed by atoms with E-state index in [1.54, 1.807) is 6.08 Å². The van der Waals surface area contributed by atoms with E-state index in [1.165, 1.54) is 128 Å². The van der Waals surface area contributed by atoms with Crippen LogP contribution < -0.4 is 5.32 Å². The van der Waals surface area contributed by atoms with Gasteiger partial charge < -0.3 is 89.9 Å². The lowest BCUT2D eigenvalue weighted by atomic mass is 9.96. The predicted molar refractivity (Wildman–Crippen MR) is 410 cm³/mol. The lowest BCUT2D eigenvalue weighted by Gasteiger charge is -2.48. The molecule has 592 valence electrons.